The molecule has 2 aromatic rings. The number of nitrogens with one attached hydrogen (secondary N) is 2. The second-order valence-electron chi connectivity index (χ2n) is 5.96. The van der Waals surface area contributed by atoms with E-state index in [4.69, 9.17) is 0 Å². The minimum absolute atomic E-state index is 0.0852. The first-order valence-electron chi connectivity index (χ1n) is 7.97. The summed E-state index contributed by atoms with van der Waals surface area (Å²) in [5.41, 5.74) is 3.08. The number of amides is 2. The molecule has 4 nitrogen and oxygen atoms in total. The molecule has 3 rings (SSSR count). The fourth-order valence-corrected chi connectivity index (χ4v) is 3.65. The number of hydrogen-bond acceptors (Lipinski definition) is 3. The Bertz CT molecular complexity index is 743. The smallest absolute Gasteiger partial charge is 0.228 e. The number of benzene rings is 2. The molecule has 0 radical (unpaired) electrons. The van der Waals surface area contributed by atoms with E-state index < -0.39 is 0 Å². The monoisotopic (exact) mass is 340 g/mol. The Kier molecular flexibility index (Phi) is 5.20. The van der Waals surface area contributed by atoms with Crippen LogP contribution in [0.25, 0.3) is 0 Å². The van der Waals surface area contributed by atoms with Crippen LogP contribution in [0.1, 0.15) is 17.5 Å². The van der Waals surface area contributed by atoms with Gasteiger partial charge >= 0.3 is 0 Å². The molecule has 1 aliphatic rings. The van der Waals surface area contributed by atoms with Gasteiger partial charge in [-0.15, -0.1) is 11.8 Å². The summed E-state index contributed by atoms with van der Waals surface area (Å²) in [6.45, 7) is 2.52. The summed E-state index contributed by atoms with van der Waals surface area (Å²) in [6, 6.07) is 15.8. The third-order valence-corrected chi connectivity index (χ3v) is 5.23. The lowest BCUT2D eigenvalue weighted by Crippen LogP contribution is -2.31. The maximum absolute atomic E-state index is 12.3. The molecule has 0 spiro atoms. The SMILES string of the molecule is Cc1ccc(CNC(=O)CC2CSc3ccccc3NC2=O)cc1. The van der Waals surface area contributed by atoms with Crippen LogP contribution in [0, 0.1) is 12.8 Å². The highest BCUT2D eigenvalue weighted by Gasteiger charge is 2.26. The van der Waals surface area contributed by atoms with E-state index in [9.17, 15) is 9.59 Å². The molecule has 2 aromatic carbocycles. The van der Waals surface area contributed by atoms with Gasteiger partial charge < -0.3 is 10.6 Å². The number of carbonyl (C=O) groups excluding carboxylic acids is 2. The van der Waals surface area contributed by atoms with Crippen molar-refractivity contribution in [3.05, 3.63) is 59.7 Å². The van der Waals surface area contributed by atoms with Crippen molar-refractivity contribution in [2.45, 2.75) is 24.8 Å². The third kappa shape index (κ3) is 4.17. The fourth-order valence-electron chi connectivity index (χ4n) is 2.55. The summed E-state index contributed by atoms with van der Waals surface area (Å²) in [5.74, 6) is 0.112. The lowest BCUT2D eigenvalue weighted by atomic mass is 10.1. The molecule has 124 valence electrons. The maximum Gasteiger partial charge on any atom is 0.228 e. The molecule has 0 aliphatic carbocycles. The van der Waals surface area contributed by atoms with Crippen LogP contribution < -0.4 is 10.6 Å². The lowest BCUT2D eigenvalue weighted by Gasteiger charge is -2.13. The average Bonchev–Trinajstić information content (AvgIpc) is 2.74. The molecule has 0 saturated carbocycles. The standard InChI is InChI=1S/C19H20N2O2S/c1-13-6-8-14(9-7-13)11-20-18(22)10-15-12-24-17-5-3-2-4-16(17)21-19(15)23/h2-9,15H,10-12H2,1H3,(H,20,22)(H,21,23). The molecule has 1 atom stereocenters. The summed E-state index contributed by atoms with van der Waals surface area (Å²) in [7, 11) is 0. The van der Waals surface area contributed by atoms with Crippen LogP contribution in [-0.2, 0) is 16.1 Å². The molecule has 5 heteroatoms. The van der Waals surface area contributed by atoms with E-state index in [-0.39, 0.29) is 24.2 Å². The first-order valence-corrected chi connectivity index (χ1v) is 8.95. The van der Waals surface area contributed by atoms with Crippen molar-refractivity contribution in [3.63, 3.8) is 0 Å². The van der Waals surface area contributed by atoms with Gasteiger partial charge in [-0.05, 0) is 24.6 Å². The predicted octanol–water partition coefficient (Wildman–Crippen LogP) is 3.36. The highest BCUT2D eigenvalue weighted by Crippen LogP contribution is 2.33. The molecule has 0 saturated heterocycles. The Morgan fingerprint density at radius 2 is 1.96 bits per heavy atom. The number of thioether (sulfide) groups is 1. The molecule has 1 unspecified atom stereocenters. The minimum atomic E-state index is -0.319. The molecular formula is C19H20N2O2S. The molecule has 0 fully saturated rings. The molecule has 24 heavy (non-hydrogen) atoms. The summed E-state index contributed by atoms with van der Waals surface area (Å²) >= 11 is 1.62. The molecule has 1 aliphatic heterocycles. The molecule has 1 heterocycles. The van der Waals surface area contributed by atoms with Crippen LogP contribution in [-0.4, -0.2) is 17.6 Å². The van der Waals surface area contributed by atoms with Gasteiger partial charge in [0.1, 0.15) is 0 Å². The zero-order chi connectivity index (χ0) is 16.9. The van der Waals surface area contributed by atoms with Crippen LogP contribution in [0.4, 0.5) is 5.69 Å². The van der Waals surface area contributed by atoms with E-state index >= 15 is 0 Å². The highest BCUT2D eigenvalue weighted by molar-refractivity contribution is 7.99. The zero-order valence-corrected chi connectivity index (χ0v) is 14.4. The van der Waals surface area contributed by atoms with E-state index in [0.29, 0.717) is 12.3 Å². The summed E-state index contributed by atoms with van der Waals surface area (Å²) in [4.78, 5) is 25.6. The van der Waals surface area contributed by atoms with Gasteiger partial charge in [0, 0.05) is 23.6 Å². The van der Waals surface area contributed by atoms with Gasteiger partial charge in [-0.2, -0.15) is 0 Å². The number of anilines is 1. The van der Waals surface area contributed by atoms with Gasteiger partial charge in [-0.1, -0.05) is 42.0 Å². The van der Waals surface area contributed by atoms with E-state index in [1.807, 2.05) is 55.5 Å². The Balaban J connectivity index is 1.55. The largest absolute Gasteiger partial charge is 0.352 e. The van der Waals surface area contributed by atoms with Gasteiger partial charge in [0.05, 0.1) is 11.6 Å². The van der Waals surface area contributed by atoms with Crippen LogP contribution in [0.5, 0.6) is 0 Å². The number of para-hydroxylation sites is 1. The van der Waals surface area contributed by atoms with Crippen molar-refractivity contribution in [2.24, 2.45) is 5.92 Å². The summed E-state index contributed by atoms with van der Waals surface area (Å²) < 4.78 is 0. The topological polar surface area (TPSA) is 58.2 Å². The Morgan fingerprint density at radius 1 is 1.21 bits per heavy atom. The predicted molar refractivity (Wildman–Crippen MR) is 96.9 cm³/mol. The first kappa shape index (κ1) is 16.6. The second-order valence-corrected chi connectivity index (χ2v) is 7.02. The van der Waals surface area contributed by atoms with Gasteiger partial charge in [0.25, 0.3) is 0 Å². The second kappa shape index (κ2) is 7.53. The molecule has 2 amide bonds. The van der Waals surface area contributed by atoms with Gasteiger partial charge in [0.15, 0.2) is 0 Å². The van der Waals surface area contributed by atoms with Gasteiger partial charge in [0.2, 0.25) is 11.8 Å². The van der Waals surface area contributed by atoms with Crippen LogP contribution in [0.3, 0.4) is 0 Å². The van der Waals surface area contributed by atoms with Gasteiger partial charge in [-0.25, -0.2) is 0 Å². The Hall–Kier alpha value is -2.27. The fraction of sp³-hybridized carbons (Fsp3) is 0.263. The number of fused-ring (bicyclic) bond motifs is 1. The first-order chi connectivity index (χ1) is 11.6. The zero-order valence-electron chi connectivity index (χ0n) is 13.5. The molecule has 0 aromatic heterocycles. The quantitative estimate of drug-likeness (QED) is 0.897. The van der Waals surface area contributed by atoms with E-state index in [1.165, 1.54) is 5.56 Å². The highest BCUT2D eigenvalue weighted by atomic mass is 32.2. The van der Waals surface area contributed by atoms with Crippen LogP contribution in [0.15, 0.2) is 53.4 Å². The molecule has 0 bridgehead atoms. The van der Waals surface area contributed by atoms with Crippen molar-refractivity contribution >= 4 is 29.3 Å². The minimum Gasteiger partial charge on any atom is -0.352 e. The maximum atomic E-state index is 12.3. The van der Waals surface area contributed by atoms with Crippen molar-refractivity contribution in [3.8, 4) is 0 Å². The van der Waals surface area contributed by atoms with E-state index in [2.05, 4.69) is 10.6 Å². The van der Waals surface area contributed by atoms with E-state index in [1.54, 1.807) is 11.8 Å². The van der Waals surface area contributed by atoms with Crippen molar-refractivity contribution < 1.29 is 9.59 Å². The Morgan fingerprint density at radius 3 is 2.75 bits per heavy atom. The van der Waals surface area contributed by atoms with Crippen molar-refractivity contribution in [2.75, 3.05) is 11.1 Å². The van der Waals surface area contributed by atoms with Crippen molar-refractivity contribution in [1.29, 1.82) is 0 Å². The number of rotatable bonds is 4. The van der Waals surface area contributed by atoms with Gasteiger partial charge in [-0.3, -0.25) is 9.59 Å². The number of hydrogen-bond donors (Lipinski definition) is 2. The molecule has 2 N–H and O–H groups in total. The number of aryl methyl sites for hydroxylation is 1. The van der Waals surface area contributed by atoms with E-state index in [0.717, 1.165) is 16.1 Å². The van der Waals surface area contributed by atoms with Crippen molar-refractivity contribution in [1.82, 2.24) is 5.32 Å². The summed E-state index contributed by atoms with van der Waals surface area (Å²) in [5, 5.41) is 5.82. The van der Waals surface area contributed by atoms with Crippen LogP contribution in [0.2, 0.25) is 0 Å². The number of carbonyl (C=O) groups is 2. The molecular weight excluding hydrogens is 320 g/mol. The summed E-state index contributed by atoms with van der Waals surface area (Å²) in [6.07, 6.45) is 0.207. The van der Waals surface area contributed by atoms with Crippen LogP contribution >= 0.6 is 11.8 Å². The third-order valence-electron chi connectivity index (χ3n) is 4.00. The lowest BCUT2D eigenvalue weighted by molar-refractivity contribution is -0.126. The Labute approximate surface area is 146 Å². The average molecular weight is 340 g/mol. The normalized spacial score (nSPS) is 16.7.